The Morgan fingerprint density at radius 2 is 1.85 bits per heavy atom. The average molecular weight is 359 g/mol. The van der Waals surface area contributed by atoms with Crippen LogP contribution in [0.4, 0.5) is 13.2 Å². The summed E-state index contributed by atoms with van der Waals surface area (Å²) in [6, 6.07) is 11.2. The molecule has 26 heavy (non-hydrogen) atoms. The van der Waals surface area contributed by atoms with Gasteiger partial charge < -0.3 is 15.1 Å². The van der Waals surface area contributed by atoms with Gasteiger partial charge in [-0.3, -0.25) is 4.79 Å². The van der Waals surface area contributed by atoms with E-state index in [1.54, 1.807) is 24.3 Å². The van der Waals surface area contributed by atoms with Gasteiger partial charge in [0.2, 0.25) is 5.82 Å². The Labute approximate surface area is 144 Å². The average Bonchev–Trinajstić information content (AvgIpc) is 3.07. The molecule has 0 atom stereocenters. The number of hydrogen-bond acceptors (Lipinski definition) is 4. The molecule has 0 unspecified atom stereocenters. The van der Waals surface area contributed by atoms with Crippen molar-refractivity contribution in [3.63, 3.8) is 0 Å². The van der Waals surface area contributed by atoms with Crippen molar-refractivity contribution in [1.29, 1.82) is 0 Å². The number of nitrogens with two attached hydrogens (primary N) is 1. The molecule has 2 heterocycles. The summed E-state index contributed by atoms with van der Waals surface area (Å²) in [5, 5.41) is 0.167. The molecular weight excluding hydrogens is 347 g/mol. The number of fused-ring (bicyclic) bond motifs is 3. The predicted molar refractivity (Wildman–Crippen MR) is 90.5 cm³/mol. The number of benzene rings is 2. The lowest BCUT2D eigenvalue weighted by Crippen LogP contribution is -2.06. The van der Waals surface area contributed by atoms with Crippen LogP contribution >= 0.6 is 0 Å². The van der Waals surface area contributed by atoms with Gasteiger partial charge in [-0.05, 0) is 17.7 Å². The van der Waals surface area contributed by atoms with Crippen LogP contribution in [0.1, 0.15) is 11.4 Å². The van der Waals surface area contributed by atoms with E-state index in [0.717, 1.165) is 5.56 Å². The van der Waals surface area contributed by atoms with Crippen LogP contribution in [0, 0.1) is 0 Å². The Kier molecular flexibility index (Phi) is 3.58. The van der Waals surface area contributed by atoms with Crippen molar-refractivity contribution in [2.75, 3.05) is 0 Å². The van der Waals surface area contributed by atoms with E-state index < -0.39 is 12.0 Å². The molecule has 0 saturated heterocycles. The number of aromatic amines is 1. The third-order valence-corrected chi connectivity index (χ3v) is 4.09. The molecule has 0 saturated carbocycles. The minimum atomic E-state index is -4.62. The van der Waals surface area contributed by atoms with Crippen molar-refractivity contribution in [2.45, 2.75) is 12.7 Å². The molecule has 2 aromatic carbocycles. The molecule has 0 amide bonds. The molecule has 0 aliphatic carbocycles. The zero-order valence-corrected chi connectivity index (χ0v) is 13.2. The maximum Gasteiger partial charge on any atom is 0.449 e. The lowest BCUT2D eigenvalue weighted by molar-refractivity contribution is -0.144. The number of aromatic nitrogens is 2. The van der Waals surface area contributed by atoms with E-state index in [0.29, 0.717) is 12.1 Å². The Morgan fingerprint density at radius 3 is 2.50 bits per heavy atom. The normalized spacial score (nSPS) is 12.2. The summed E-state index contributed by atoms with van der Waals surface area (Å²) in [6.45, 7) is 0.371. The minimum Gasteiger partial charge on any atom is -0.453 e. The first kappa shape index (κ1) is 16.3. The molecule has 5 nitrogen and oxygen atoms in total. The van der Waals surface area contributed by atoms with Crippen molar-refractivity contribution in [1.82, 2.24) is 9.97 Å². The molecule has 0 radical (unpaired) electrons. The third-order valence-electron chi connectivity index (χ3n) is 4.09. The van der Waals surface area contributed by atoms with E-state index in [2.05, 4.69) is 9.97 Å². The van der Waals surface area contributed by atoms with E-state index in [1.807, 2.05) is 0 Å². The number of H-pyrrole nitrogens is 1. The highest BCUT2D eigenvalue weighted by Gasteiger charge is 2.35. The highest BCUT2D eigenvalue weighted by molar-refractivity contribution is 6.00. The summed E-state index contributed by atoms with van der Waals surface area (Å²) < 4.78 is 44.5. The second-order valence-electron chi connectivity index (χ2n) is 5.80. The number of alkyl halides is 3. The zero-order valence-electron chi connectivity index (χ0n) is 13.2. The first-order valence-corrected chi connectivity index (χ1v) is 7.70. The third kappa shape index (κ3) is 2.64. The van der Waals surface area contributed by atoms with Crippen molar-refractivity contribution in [3.8, 4) is 11.3 Å². The SMILES string of the molecule is NCc1ccc(-c2cc(=O)c3ccc4[nH]c(C(F)(F)F)nc4c3o2)cc1. The maximum atomic E-state index is 12.9. The van der Waals surface area contributed by atoms with Crippen LogP contribution in [-0.2, 0) is 12.7 Å². The fourth-order valence-corrected chi connectivity index (χ4v) is 2.77. The fraction of sp³-hybridized carbons (Fsp3) is 0.111. The summed E-state index contributed by atoms with van der Waals surface area (Å²) >= 11 is 0. The molecule has 0 aliphatic heterocycles. The first-order valence-electron chi connectivity index (χ1n) is 7.70. The zero-order chi connectivity index (χ0) is 18.5. The van der Waals surface area contributed by atoms with Gasteiger partial charge in [0.15, 0.2) is 11.0 Å². The van der Waals surface area contributed by atoms with Gasteiger partial charge in [0, 0.05) is 18.2 Å². The summed E-state index contributed by atoms with van der Waals surface area (Å²) in [5.74, 6) is -0.893. The van der Waals surface area contributed by atoms with Crippen LogP contribution in [0.2, 0.25) is 0 Å². The summed E-state index contributed by atoms with van der Waals surface area (Å²) in [4.78, 5) is 18.2. The molecule has 4 rings (SSSR count). The van der Waals surface area contributed by atoms with E-state index >= 15 is 0 Å². The van der Waals surface area contributed by atoms with Crippen molar-refractivity contribution in [2.24, 2.45) is 5.73 Å². The van der Waals surface area contributed by atoms with Gasteiger partial charge in [0.25, 0.3) is 0 Å². The van der Waals surface area contributed by atoms with Gasteiger partial charge in [0.05, 0.1) is 10.9 Å². The second kappa shape index (κ2) is 5.70. The van der Waals surface area contributed by atoms with Crippen molar-refractivity contribution >= 4 is 22.0 Å². The lowest BCUT2D eigenvalue weighted by Gasteiger charge is -2.04. The van der Waals surface area contributed by atoms with Gasteiger partial charge in [0.1, 0.15) is 11.3 Å². The molecule has 132 valence electrons. The Balaban J connectivity index is 1.97. The summed E-state index contributed by atoms with van der Waals surface area (Å²) in [7, 11) is 0. The predicted octanol–water partition coefficient (Wildman–Crippen LogP) is 3.81. The van der Waals surface area contributed by atoms with Crippen LogP contribution in [0.5, 0.6) is 0 Å². The van der Waals surface area contributed by atoms with Crippen LogP contribution in [0.3, 0.4) is 0 Å². The molecule has 4 aromatic rings. The molecule has 0 spiro atoms. The topological polar surface area (TPSA) is 84.9 Å². The number of nitrogens with one attached hydrogen (secondary N) is 1. The highest BCUT2D eigenvalue weighted by atomic mass is 19.4. The second-order valence-corrected chi connectivity index (χ2v) is 5.80. The van der Waals surface area contributed by atoms with E-state index in [-0.39, 0.29) is 33.2 Å². The van der Waals surface area contributed by atoms with E-state index in [9.17, 15) is 18.0 Å². The van der Waals surface area contributed by atoms with Gasteiger partial charge in [-0.25, -0.2) is 4.98 Å². The Morgan fingerprint density at radius 1 is 1.12 bits per heavy atom. The Bertz CT molecular complexity index is 1170. The lowest BCUT2D eigenvalue weighted by atomic mass is 10.1. The smallest absolute Gasteiger partial charge is 0.449 e. The summed E-state index contributed by atoms with van der Waals surface area (Å²) in [6.07, 6.45) is -4.62. The van der Waals surface area contributed by atoms with Crippen molar-refractivity contribution < 1.29 is 17.6 Å². The number of hydrogen-bond donors (Lipinski definition) is 2. The number of rotatable bonds is 2. The highest BCUT2D eigenvalue weighted by Crippen LogP contribution is 2.32. The van der Waals surface area contributed by atoms with Gasteiger partial charge in [-0.1, -0.05) is 24.3 Å². The Hall–Kier alpha value is -3.13. The number of nitrogens with zero attached hydrogens (tertiary/aromatic N) is 1. The standard InChI is InChI=1S/C18H12F3N3O2/c19-18(20,21)17-23-12-6-5-11-13(25)7-14(26-16(11)15(12)24-17)10-3-1-9(8-22)2-4-10/h1-7H,8,22H2,(H,23,24). The van der Waals surface area contributed by atoms with Crippen LogP contribution in [-0.4, -0.2) is 9.97 Å². The largest absolute Gasteiger partial charge is 0.453 e. The monoisotopic (exact) mass is 359 g/mol. The molecule has 0 aliphatic rings. The molecule has 8 heteroatoms. The van der Waals surface area contributed by atoms with Gasteiger partial charge in [-0.2, -0.15) is 13.2 Å². The fourth-order valence-electron chi connectivity index (χ4n) is 2.77. The van der Waals surface area contributed by atoms with Crippen LogP contribution < -0.4 is 11.2 Å². The van der Waals surface area contributed by atoms with E-state index in [4.69, 9.17) is 10.2 Å². The minimum absolute atomic E-state index is 0.0136. The number of halogens is 3. The van der Waals surface area contributed by atoms with Crippen LogP contribution in [0.15, 0.2) is 51.7 Å². The summed E-state index contributed by atoms with van der Waals surface area (Å²) in [5.41, 5.74) is 6.84. The molecule has 2 aromatic heterocycles. The van der Waals surface area contributed by atoms with Gasteiger partial charge in [-0.15, -0.1) is 0 Å². The van der Waals surface area contributed by atoms with Crippen LogP contribution in [0.25, 0.3) is 33.3 Å². The molecule has 3 N–H and O–H groups in total. The first-order chi connectivity index (χ1) is 12.4. The van der Waals surface area contributed by atoms with Crippen molar-refractivity contribution in [3.05, 3.63) is 64.1 Å². The molecule has 0 fully saturated rings. The maximum absolute atomic E-state index is 12.9. The van der Waals surface area contributed by atoms with Gasteiger partial charge >= 0.3 is 6.18 Å². The van der Waals surface area contributed by atoms with E-state index in [1.165, 1.54) is 18.2 Å². The number of imidazole rings is 1. The quantitative estimate of drug-likeness (QED) is 0.570. The molecule has 0 bridgehead atoms. The molecular formula is C18H12F3N3O2.